The minimum Gasteiger partial charge on any atom is -0.456 e. The lowest BCUT2D eigenvalue weighted by Crippen LogP contribution is -2.42. The van der Waals surface area contributed by atoms with Gasteiger partial charge in [0.15, 0.2) is 0 Å². The molecule has 160 valence electrons. The zero-order valence-electron chi connectivity index (χ0n) is 17.5. The third-order valence-electron chi connectivity index (χ3n) is 5.96. The van der Waals surface area contributed by atoms with Crippen molar-refractivity contribution in [1.29, 1.82) is 0 Å². The number of benzene rings is 2. The summed E-state index contributed by atoms with van der Waals surface area (Å²) in [7, 11) is 1.31. The van der Waals surface area contributed by atoms with Gasteiger partial charge in [0.2, 0.25) is 0 Å². The first-order valence-corrected chi connectivity index (χ1v) is 10.6. The van der Waals surface area contributed by atoms with Crippen molar-refractivity contribution in [2.75, 3.05) is 12.0 Å². The lowest BCUT2D eigenvalue weighted by molar-refractivity contribution is 0.175. The number of hydrogen-bond acceptors (Lipinski definition) is 4. The van der Waals surface area contributed by atoms with Crippen LogP contribution in [0.25, 0.3) is 11.1 Å². The molecule has 1 atom stereocenters. The summed E-state index contributed by atoms with van der Waals surface area (Å²) in [6, 6.07) is 11.1. The first-order valence-electron chi connectivity index (χ1n) is 10.6. The number of fused-ring (bicyclic) bond motifs is 1. The summed E-state index contributed by atoms with van der Waals surface area (Å²) in [5.74, 6) is 0.732. The number of amides is 1. The van der Waals surface area contributed by atoms with Crippen molar-refractivity contribution >= 4 is 11.8 Å². The van der Waals surface area contributed by atoms with E-state index in [1.807, 2.05) is 48.1 Å². The van der Waals surface area contributed by atoms with Gasteiger partial charge >= 0.3 is 6.09 Å². The second-order valence-electron chi connectivity index (χ2n) is 8.15. The highest BCUT2D eigenvalue weighted by molar-refractivity contribution is 5.92. The van der Waals surface area contributed by atoms with Crippen molar-refractivity contribution in [2.24, 2.45) is 0 Å². The molecule has 1 saturated carbocycles. The van der Waals surface area contributed by atoms with Crippen molar-refractivity contribution in [3.05, 3.63) is 60.2 Å². The molecule has 2 heterocycles. The summed E-state index contributed by atoms with van der Waals surface area (Å²) in [6.07, 6.45) is 6.61. The Hall–Kier alpha value is -3.35. The first kappa shape index (κ1) is 19.6. The van der Waals surface area contributed by atoms with E-state index >= 15 is 4.39 Å². The number of methoxy groups -OCH3 is 1. The highest BCUT2D eigenvalue weighted by Gasteiger charge is 2.35. The van der Waals surface area contributed by atoms with Gasteiger partial charge in [-0.05, 0) is 50.8 Å². The number of anilines is 1. The third-order valence-corrected chi connectivity index (χ3v) is 5.96. The van der Waals surface area contributed by atoms with Crippen molar-refractivity contribution < 1.29 is 18.7 Å². The minimum atomic E-state index is -0.577. The molecule has 1 unspecified atom stereocenters. The van der Waals surface area contributed by atoms with Gasteiger partial charge in [-0.3, -0.25) is 9.58 Å². The number of carbonyl (C=O) groups is 1. The predicted octanol–water partition coefficient (Wildman–Crippen LogP) is 5.72. The van der Waals surface area contributed by atoms with Gasteiger partial charge in [0, 0.05) is 28.9 Å². The van der Waals surface area contributed by atoms with E-state index in [1.54, 1.807) is 6.20 Å². The summed E-state index contributed by atoms with van der Waals surface area (Å²) in [4.78, 5) is 13.9. The summed E-state index contributed by atoms with van der Waals surface area (Å²) in [5.41, 5.74) is 2.32. The van der Waals surface area contributed by atoms with Gasteiger partial charge in [0.05, 0.1) is 25.0 Å². The molecule has 0 bridgehead atoms. The van der Waals surface area contributed by atoms with Gasteiger partial charge in [0.1, 0.15) is 17.3 Å². The summed E-state index contributed by atoms with van der Waals surface area (Å²) in [6.45, 7) is 1.89. The largest absolute Gasteiger partial charge is 0.456 e. The van der Waals surface area contributed by atoms with E-state index in [4.69, 9.17) is 9.47 Å². The van der Waals surface area contributed by atoms with E-state index in [0.717, 1.165) is 18.4 Å². The Balaban J connectivity index is 1.69. The topological polar surface area (TPSA) is 56.6 Å². The van der Waals surface area contributed by atoms with Crippen LogP contribution in [0.5, 0.6) is 11.5 Å². The summed E-state index contributed by atoms with van der Waals surface area (Å²) >= 11 is 0. The number of rotatable bonds is 4. The lowest BCUT2D eigenvalue weighted by Gasteiger charge is -2.35. The molecular formula is C24H24FN3O3. The van der Waals surface area contributed by atoms with Crippen molar-refractivity contribution in [3.63, 3.8) is 0 Å². The fraction of sp³-hybridized carbons (Fsp3) is 0.333. The number of carbonyl (C=O) groups excluding carboxylic acids is 1. The molecule has 0 radical (unpaired) electrons. The zero-order valence-corrected chi connectivity index (χ0v) is 17.5. The normalized spacial score (nSPS) is 17.9. The average Bonchev–Trinajstić information content (AvgIpc) is 3.52. The number of nitrogens with zero attached hydrogens (tertiary/aromatic N) is 3. The van der Waals surface area contributed by atoms with Crippen molar-refractivity contribution in [3.8, 4) is 22.6 Å². The fourth-order valence-corrected chi connectivity index (χ4v) is 4.19. The molecule has 2 aliphatic rings. The second kappa shape index (κ2) is 7.72. The van der Waals surface area contributed by atoms with E-state index in [0.29, 0.717) is 41.5 Å². The Kier molecular flexibility index (Phi) is 4.88. The van der Waals surface area contributed by atoms with Crippen LogP contribution >= 0.6 is 0 Å². The molecule has 1 aliphatic carbocycles. The molecule has 3 aromatic rings. The fourth-order valence-electron chi connectivity index (χ4n) is 4.19. The highest BCUT2D eigenvalue weighted by atomic mass is 19.1. The Bertz CT molecular complexity index is 1120. The Morgan fingerprint density at radius 2 is 1.97 bits per heavy atom. The Labute approximate surface area is 180 Å². The molecule has 31 heavy (non-hydrogen) atoms. The highest BCUT2D eigenvalue weighted by Crippen LogP contribution is 2.47. The predicted molar refractivity (Wildman–Crippen MR) is 115 cm³/mol. The van der Waals surface area contributed by atoms with E-state index < -0.39 is 11.9 Å². The standard InChI is InChI=1S/C24H24FN3O3/c1-15-8-11-19-22(28(15)24(29)30-2)21(25)12-20(16-13-26-27(14-16)17-9-10-17)23(19)31-18-6-4-3-5-7-18/h3-7,12-15,17H,8-11H2,1-2H3. The molecule has 7 heteroatoms. The second-order valence-corrected chi connectivity index (χ2v) is 8.15. The maximum absolute atomic E-state index is 15.5. The molecule has 1 aromatic heterocycles. The molecule has 6 nitrogen and oxygen atoms in total. The minimum absolute atomic E-state index is 0.178. The van der Waals surface area contributed by atoms with Crippen molar-refractivity contribution in [2.45, 2.75) is 44.7 Å². The first-order chi connectivity index (χ1) is 15.1. The van der Waals surface area contributed by atoms with Crippen LogP contribution in [0, 0.1) is 5.82 Å². The Morgan fingerprint density at radius 3 is 2.68 bits per heavy atom. The molecule has 2 aromatic carbocycles. The van der Waals surface area contributed by atoms with E-state index in [2.05, 4.69) is 5.10 Å². The van der Waals surface area contributed by atoms with Crippen LogP contribution in [0.4, 0.5) is 14.9 Å². The van der Waals surface area contributed by atoms with Gasteiger partial charge < -0.3 is 9.47 Å². The van der Waals surface area contributed by atoms with Gasteiger partial charge in [0.25, 0.3) is 0 Å². The molecule has 1 fully saturated rings. The Morgan fingerprint density at radius 1 is 1.19 bits per heavy atom. The third kappa shape index (κ3) is 3.54. The summed E-state index contributed by atoms with van der Waals surface area (Å²) < 4.78 is 28.7. The number of hydrogen-bond donors (Lipinski definition) is 0. The van der Waals surface area contributed by atoms with E-state index in [9.17, 15) is 4.79 Å². The van der Waals surface area contributed by atoms with Gasteiger partial charge in [-0.2, -0.15) is 5.10 Å². The number of ether oxygens (including phenoxy) is 2. The zero-order chi connectivity index (χ0) is 21.5. The number of para-hydroxylation sites is 1. The van der Waals surface area contributed by atoms with Crippen LogP contribution in [-0.4, -0.2) is 29.0 Å². The molecule has 1 aliphatic heterocycles. The molecule has 0 spiro atoms. The van der Waals surface area contributed by atoms with E-state index in [1.165, 1.54) is 18.1 Å². The number of halogens is 1. The molecule has 0 N–H and O–H groups in total. The van der Waals surface area contributed by atoms with Crippen LogP contribution in [0.3, 0.4) is 0 Å². The molecule has 5 rings (SSSR count). The van der Waals surface area contributed by atoms with Crippen LogP contribution in [0.15, 0.2) is 48.8 Å². The smallest absolute Gasteiger partial charge is 0.414 e. The SMILES string of the molecule is COC(=O)N1c2c(F)cc(-c3cnn(C4CC4)c3)c(Oc3ccccc3)c2CCC1C. The average molecular weight is 421 g/mol. The lowest BCUT2D eigenvalue weighted by atomic mass is 9.92. The van der Waals surface area contributed by atoms with E-state index in [-0.39, 0.29) is 11.7 Å². The van der Waals surface area contributed by atoms with Crippen LogP contribution in [0.2, 0.25) is 0 Å². The summed E-state index contributed by atoms with van der Waals surface area (Å²) in [5, 5.41) is 4.47. The molecule has 1 amide bonds. The molecular weight excluding hydrogens is 397 g/mol. The number of aromatic nitrogens is 2. The van der Waals surface area contributed by atoms with Gasteiger partial charge in [-0.15, -0.1) is 0 Å². The maximum Gasteiger partial charge on any atom is 0.414 e. The monoisotopic (exact) mass is 421 g/mol. The van der Waals surface area contributed by atoms with Crippen LogP contribution in [-0.2, 0) is 11.2 Å². The van der Waals surface area contributed by atoms with Gasteiger partial charge in [-0.1, -0.05) is 18.2 Å². The van der Waals surface area contributed by atoms with Gasteiger partial charge in [-0.25, -0.2) is 9.18 Å². The van der Waals surface area contributed by atoms with Crippen LogP contribution in [0.1, 0.15) is 37.8 Å². The van der Waals surface area contributed by atoms with Crippen molar-refractivity contribution in [1.82, 2.24) is 9.78 Å². The molecule has 0 saturated heterocycles. The van der Waals surface area contributed by atoms with Crippen LogP contribution < -0.4 is 9.64 Å². The maximum atomic E-state index is 15.5. The quantitative estimate of drug-likeness (QED) is 0.540.